The number of thioether (sulfide) groups is 2. The van der Waals surface area contributed by atoms with E-state index < -0.39 is 5.25 Å². The third-order valence-electron chi connectivity index (χ3n) is 3.80. The van der Waals surface area contributed by atoms with Crippen LogP contribution in [0.25, 0.3) is 5.69 Å². The standard InChI is InChI=1S/C19H21N5O3S2/c1-4-27-17(25)13(2)29-19-23-22-16(12-28-18-20-10-5-11-21-18)24(19)14-6-8-15(26-3)9-7-14/h5-11,13H,4,12H2,1-3H3/t13-/m0/s1. The Hall–Kier alpha value is -2.59. The number of benzene rings is 1. The highest BCUT2D eigenvalue weighted by molar-refractivity contribution is 8.00. The molecule has 0 bridgehead atoms. The van der Waals surface area contributed by atoms with Crippen LogP contribution in [0.4, 0.5) is 0 Å². The van der Waals surface area contributed by atoms with Gasteiger partial charge in [-0.2, -0.15) is 0 Å². The van der Waals surface area contributed by atoms with Crippen molar-refractivity contribution in [3.05, 3.63) is 48.5 Å². The summed E-state index contributed by atoms with van der Waals surface area (Å²) in [6.07, 6.45) is 3.40. The smallest absolute Gasteiger partial charge is 0.319 e. The molecular weight excluding hydrogens is 410 g/mol. The second-order valence-corrected chi connectivity index (χ2v) is 8.01. The molecule has 0 spiro atoms. The molecule has 3 aromatic rings. The van der Waals surface area contributed by atoms with E-state index >= 15 is 0 Å². The highest BCUT2D eigenvalue weighted by Gasteiger charge is 2.22. The van der Waals surface area contributed by atoms with E-state index in [-0.39, 0.29) is 5.97 Å². The summed E-state index contributed by atoms with van der Waals surface area (Å²) < 4.78 is 12.3. The zero-order chi connectivity index (χ0) is 20.6. The Bertz CT molecular complexity index is 935. The minimum Gasteiger partial charge on any atom is -0.497 e. The van der Waals surface area contributed by atoms with Gasteiger partial charge in [0.15, 0.2) is 10.3 Å². The molecule has 0 unspecified atom stereocenters. The molecule has 0 aliphatic carbocycles. The first-order valence-electron chi connectivity index (χ1n) is 8.94. The minimum atomic E-state index is -0.408. The van der Waals surface area contributed by atoms with E-state index in [4.69, 9.17) is 9.47 Å². The van der Waals surface area contributed by atoms with Gasteiger partial charge in [0.1, 0.15) is 16.8 Å². The molecule has 0 fully saturated rings. The molecule has 2 aromatic heterocycles. The quantitative estimate of drug-likeness (QED) is 0.287. The first-order valence-corrected chi connectivity index (χ1v) is 10.8. The molecule has 0 aliphatic rings. The van der Waals surface area contributed by atoms with Crippen molar-refractivity contribution in [1.29, 1.82) is 0 Å². The van der Waals surface area contributed by atoms with Crippen molar-refractivity contribution >= 4 is 29.5 Å². The van der Waals surface area contributed by atoms with Crippen LogP contribution in [0, 0.1) is 0 Å². The molecular formula is C19H21N5O3S2. The molecule has 0 amide bonds. The van der Waals surface area contributed by atoms with Gasteiger partial charge in [0.2, 0.25) is 0 Å². The van der Waals surface area contributed by atoms with Gasteiger partial charge in [-0.15, -0.1) is 10.2 Å². The van der Waals surface area contributed by atoms with Crippen LogP contribution in [0.1, 0.15) is 19.7 Å². The Morgan fingerprint density at radius 1 is 1.17 bits per heavy atom. The van der Waals surface area contributed by atoms with Gasteiger partial charge in [0.25, 0.3) is 0 Å². The number of methoxy groups -OCH3 is 1. The van der Waals surface area contributed by atoms with Gasteiger partial charge in [-0.25, -0.2) is 9.97 Å². The fourth-order valence-corrected chi connectivity index (χ4v) is 4.02. The van der Waals surface area contributed by atoms with E-state index in [1.54, 1.807) is 39.4 Å². The summed E-state index contributed by atoms with van der Waals surface area (Å²) in [4.78, 5) is 20.5. The summed E-state index contributed by atoms with van der Waals surface area (Å²) >= 11 is 2.77. The first kappa shape index (κ1) is 21.1. The predicted molar refractivity (Wildman–Crippen MR) is 111 cm³/mol. The maximum Gasteiger partial charge on any atom is 0.319 e. The van der Waals surface area contributed by atoms with Crippen molar-refractivity contribution in [1.82, 2.24) is 24.7 Å². The topological polar surface area (TPSA) is 92.0 Å². The van der Waals surface area contributed by atoms with Gasteiger partial charge in [0.05, 0.1) is 19.5 Å². The molecule has 0 N–H and O–H groups in total. The first-order chi connectivity index (χ1) is 14.1. The van der Waals surface area contributed by atoms with Crippen LogP contribution in [-0.4, -0.2) is 49.7 Å². The maximum absolute atomic E-state index is 12.1. The molecule has 1 atom stereocenters. The number of carbonyl (C=O) groups excluding carboxylic acids is 1. The predicted octanol–water partition coefficient (Wildman–Crippen LogP) is 3.40. The zero-order valence-electron chi connectivity index (χ0n) is 16.3. The maximum atomic E-state index is 12.1. The second-order valence-electron chi connectivity index (χ2n) is 5.76. The Balaban J connectivity index is 1.88. The molecule has 1 aromatic carbocycles. The fraction of sp³-hybridized carbons (Fsp3) is 0.316. The number of aromatic nitrogens is 5. The van der Waals surface area contributed by atoms with Gasteiger partial charge < -0.3 is 9.47 Å². The lowest BCUT2D eigenvalue weighted by Gasteiger charge is -2.13. The monoisotopic (exact) mass is 431 g/mol. The highest BCUT2D eigenvalue weighted by atomic mass is 32.2. The Morgan fingerprint density at radius 2 is 1.90 bits per heavy atom. The van der Waals surface area contributed by atoms with Crippen molar-refractivity contribution in [2.75, 3.05) is 13.7 Å². The molecule has 8 nitrogen and oxygen atoms in total. The summed E-state index contributed by atoms with van der Waals surface area (Å²) in [5.41, 5.74) is 0.874. The van der Waals surface area contributed by atoms with Crippen LogP contribution in [0.5, 0.6) is 5.75 Å². The van der Waals surface area contributed by atoms with Crippen LogP contribution in [0.3, 0.4) is 0 Å². The van der Waals surface area contributed by atoms with E-state index in [0.717, 1.165) is 17.3 Å². The van der Waals surface area contributed by atoms with E-state index in [2.05, 4.69) is 20.2 Å². The summed E-state index contributed by atoms with van der Waals surface area (Å²) in [5, 5.41) is 9.51. The van der Waals surface area contributed by atoms with Gasteiger partial charge >= 0.3 is 5.97 Å². The van der Waals surface area contributed by atoms with Gasteiger partial charge in [0, 0.05) is 18.1 Å². The fourth-order valence-electron chi connectivity index (χ4n) is 2.42. The van der Waals surface area contributed by atoms with Crippen LogP contribution < -0.4 is 4.74 Å². The molecule has 29 heavy (non-hydrogen) atoms. The molecule has 3 rings (SSSR count). The van der Waals surface area contributed by atoms with E-state index in [1.165, 1.54) is 23.5 Å². The third kappa shape index (κ3) is 5.48. The van der Waals surface area contributed by atoms with E-state index in [1.807, 2.05) is 28.8 Å². The molecule has 2 heterocycles. The van der Waals surface area contributed by atoms with Crippen LogP contribution in [0.2, 0.25) is 0 Å². The van der Waals surface area contributed by atoms with Crippen LogP contribution in [-0.2, 0) is 15.3 Å². The van der Waals surface area contributed by atoms with Crippen molar-refractivity contribution < 1.29 is 14.3 Å². The minimum absolute atomic E-state index is 0.282. The number of carbonyl (C=O) groups is 1. The molecule has 0 radical (unpaired) electrons. The molecule has 152 valence electrons. The summed E-state index contributed by atoms with van der Waals surface area (Å²) in [6, 6.07) is 9.37. The number of nitrogens with zero attached hydrogens (tertiary/aromatic N) is 5. The van der Waals surface area contributed by atoms with Crippen molar-refractivity contribution in [3.8, 4) is 11.4 Å². The largest absolute Gasteiger partial charge is 0.497 e. The van der Waals surface area contributed by atoms with Crippen LogP contribution >= 0.6 is 23.5 Å². The number of esters is 1. The van der Waals surface area contributed by atoms with Crippen molar-refractivity contribution in [3.63, 3.8) is 0 Å². The zero-order valence-corrected chi connectivity index (χ0v) is 17.9. The second kappa shape index (κ2) is 10.3. The summed E-state index contributed by atoms with van der Waals surface area (Å²) in [6.45, 7) is 3.92. The van der Waals surface area contributed by atoms with Gasteiger partial charge in [-0.1, -0.05) is 23.5 Å². The Labute approximate surface area is 177 Å². The summed E-state index contributed by atoms with van der Waals surface area (Å²) in [7, 11) is 1.62. The van der Waals surface area contributed by atoms with Crippen molar-refractivity contribution in [2.24, 2.45) is 0 Å². The molecule has 0 saturated heterocycles. The lowest BCUT2D eigenvalue weighted by Crippen LogP contribution is -2.17. The average Bonchev–Trinajstić information content (AvgIpc) is 3.15. The number of hydrogen-bond donors (Lipinski definition) is 0. The van der Waals surface area contributed by atoms with E-state index in [0.29, 0.717) is 22.7 Å². The molecule has 0 saturated carbocycles. The van der Waals surface area contributed by atoms with E-state index in [9.17, 15) is 4.79 Å². The summed E-state index contributed by atoms with van der Waals surface area (Å²) in [5.74, 6) is 1.73. The van der Waals surface area contributed by atoms with Gasteiger partial charge in [-0.3, -0.25) is 9.36 Å². The van der Waals surface area contributed by atoms with Gasteiger partial charge in [-0.05, 0) is 44.2 Å². The lowest BCUT2D eigenvalue weighted by molar-refractivity contribution is -0.142. The number of rotatable bonds is 9. The Morgan fingerprint density at radius 3 is 2.55 bits per heavy atom. The Kier molecular flexibility index (Phi) is 7.48. The third-order valence-corrected chi connectivity index (χ3v) is 5.70. The molecule has 0 aliphatic heterocycles. The highest BCUT2D eigenvalue weighted by Crippen LogP contribution is 2.29. The SMILES string of the molecule is CCOC(=O)[C@H](C)Sc1nnc(CSc2ncccn2)n1-c1ccc(OC)cc1. The van der Waals surface area contributed by atoms with Crippen LogP contribution in [0.15, 0.2) is 53.0 Å². The number of ether oxygens (including phenoxy) is 2. The molecule has 10 heteroatoms. The van der Waals surface area contributed by atoms with Crippen molar-refractivity contribution in [2.45, 2.75) is 35.2 Å². The number of hydrogen-bond acceptors (Lipinski definition) is 9. The lowest BCUT2D eigenvalue weighted by atomic mass is 10.3. The normalized spacial score (nSPS) is 11.8. The average molecular weight is 432 g/mol.